The van der Waals surface area contributed by atoms with Crippen molar-refractivity contribution in [2.24, 2.45) is 0 Å². The fraction of sp³-hybridized carbons (Fsp3) is 0.333. The molecule has 0 aliphatic rings. The van der Waals surface area contributed by atoms with E-state index in [4.69, 9.17) is 16.7 Å². The number of thioether (sulfide) groups is 1. The molecule has 1 atom stereocenters. The molecule has 0 aromatic carbocycles. The summed E-state index contributed by atoms with van der Waals surface area (Å²) in [4.78, 5) is 14.3. The largest absolute Gasteiger partial charge is 0.481 e. The lowest BCUT2D eigenvalue weighted by atomic mass is 10.3. The first-order chi connectivity index (χ1) is 7.08. The maximum atomic E-state index is 10.3. The molecule has 15 heavy (non-hydrogen) atoms. The molecule has 1 unspecified atom stereocenters. The predicted molar refractivity (Wildman–Crippen MR) is 58.2 cm³/mol. The van der Waals surface area contributed by atoms with Gasteiger partial charge in [-0.05, 0) is 12.1 Å². The molecule has 1 aromatic rings. The zero-order valence-corrected chi connectivity index (χ0v) is 9.33. The summed E-state index contributed by atoms with van der Waals surface area (Å²) in [6, 6.07) is 3.42. The van der Waals surface area contributed by atoms with Crippen molar-refractivity contribution in [2.75, 3.05) is 5.75 Å². The lowest BCUT2D eigenvalue weighted by molar-refractivity contribution is -0.138. The average Bonchev–Trinajstić information content (AvgIpc) is 2.16. The first-order valence-electron chi connectivity index (χ1n) is 4.22. The molecule has 0 radical (unpaired) electrons. The fourth-order valence-electron chi connectivity index (χ4n) is 0.890. The normalized spacial score (nSPS) is 12.4. The van der Waals surface area contributed by atoms with Crippen LogP contribution < -0.4 is 0 Å². The van der Waals surface area contributed by atoms with Gasteiger partial charge in [-0.3, -0.25) is 4.79 Å². The van der Waals surface area contributed by atoms with Gasteiger partial charge in [-0.2, -0.15) is 0 Å². The Morgan fingerprint density at radius 3 is 2.87 bits per heavy atom. The number of hydrogen-bond acceptors (Lipinski definition) is 4. The van der Waals surface area contributed by atoms with Gasteiger partial charge in [-0.15, -0.1) is 11.8 Å². The van der Waals surface area contributed by atoms with Crippen molar-refractivity contribution in [3.8, 4) is 0 Å². The van der Waals surface area contributed by atoms with Crippen molar-refractivity contribution in [2.45, 2.75) is 17.6 Å². The van der Waals surface area contributed by atoms with Gasteiger partial charge in [-0.1, -0.05) is 11.6 Å². The van der Waals surface area contributed by atoms with Crippen LogP contribution in [0.1, 0.15) is 6.42 Å². The maximum Gasteiger partial charge on any atom is 0.306 e. The van der Waals surface area contributed by atoms with E-state index in [-0.39, 0.29) is 6.42 Å². The maximum absolute atomic E-state index is 10.3. The Hall–Kier alpha value is -0.780. The monoisotopic (exact) mass is 247 g/mol. The Balaban J connectivity index is 2.36. The molecule has 0 bridgehead atoms. The van der Waals surface area contributed by atoms with Gasteiger partial charge in [0.25, 0.3) is 0 Å². The highest BCUT2D eigenvalue weighted by Crippen LogP contribution is 2.18. The zero-order chi connectivity index (χ0) is 11.3. The van der Waals surface area contributed by atoms with Crippen LogP contribution in [0.3, 0.4) is 0 Å². The van der Waals surface area contributed by atoms with Crippen LogP contribution in [-0.2, 0) is 4.79 Å². The molecule has 0 fully saturated rings. The molecular weight excluding hydrogens is 238 g/mol. The average molecular weight is 248 g/mol. The van der Waals surface area contributed by atoms with Gasteiger partial charge < -0.3 is 10.2 Å². The van der Waals surface area contributed by atoms with E-state index >= 15 is 0 Å². The molecule has 1 heterocycles. The third-order valence-corrected chi connectivity index (χ3v) is 2.85. The van der Waals surface area contributed by atoms with Gasteiger partial charge >= 0.3 is 5.97 Å². The standard InChI is InChI=1S/C9H10ClNO3S/c10-6-1-2-8(11-4-6)15-5-7(12)3-9(13)14/h1-2,4,7,12H,3,5H2,(H,13,14). The first-order valence-corrected chi connectivity index (χ1v) is 5.58. The number of rotatable bonds is 5. The molecular formula is C9H10ClNO3S. The van der Waals surface area contributed by atoms with E-state index in [1.807, 2.05) is 0 Å². The van der Waals surface area contributed by atoms with Crippen molar-refractivity contribution in [3.63, 3.8) is 0 Å². The lowest BCUT2D eigenvalue weighted by Gasteiger charge is -2.06. The Bertz CT molecular complexity index is 331. The van der Waals surface area contributed by atoms with Gasteiger partial charge in [0.2, 0.25) is 0 Å². The van der Waals surface area contributed by atoms with E-state index in [0.29, 0.717) is 15.8 Å². The second-order valence-electron chi connectivity index (χ2n) is 2.88. The number of nitrogens with zero attached hydrogens (tertiary/aromatic N) is 1. The van der Waals surface area contributed by atoms with Crippen molar-refractivity contribution in [3.05, 3.63) is 23.4 Å². The Labute approximate surface area is 96.3 Å². The van der Waals surface area contributed by atoms with Crippen LogP contribution >= 0.6 is 23.4 Å². The third-order valence-electron chi connectivity index (χ3n) is 1.53. The van der Waals surface area contributed by atoms with Gasteiger partial charge in [0.1, 0.15) is 0 Å². The van der Waals surface area contributed by atoms with Gasteiger partial charge in [-0.25, -0.2) is 4.98 Å². The highest BCUT2D eigenvalue weighted by atomic mass is 35.5. The number of aromatic nitrogens is 1. The van der Waals surface area contributed by atoms with E-state index in [2.05, 4.69) is 4.98 Å². The van der Waals surface area contributed by atoms with Crippen LogP contribution in [0.15, 0.2) is 23.4 Å². The fourth-order valence-corrected chi connectivity index (χ4v) is 1.77. The summed E-state index contributed by atoms with van der Waals surface area (Å²) in [6.07, 6.45) is 0.401. The Morgan fingerprint density at radius 2 is 2.33 bits per heavy atom. The molecule has 82 valence electrons. The summed E-state index contributed by atoms with van der Waals surface area (Å²) in [5.41, 5.74) is 0. The number of hydrogen-bond donors (Lipinski definition) is 2. The summed E-state index contributed by atoms with van der Waals surface area (Å²) in [7, 11) is 0. The van der Waals surface area contributed by atoms with E-state index in [0.717, 1.165) is 0 Å². The summed E-state index contributed by atoms with van der Waals surface area (Å²) in [5.74, 6) is -0.701. The number of aliphatic hydroxyl groups is 1. The molecule has 2 N–H and O–H groups in total. The smallest absolute Gasteiger partial charge is 0.306 e. The number of carbonyl (C=O) groups is 1. The minimum atomic E-state index is -1.01. The van der Waals surface area contributed by atoms with E-state index < -0.39 is 12.1 Å². The molecule has 0 spiro atoms. The summed E-state index contributed by atoms with van der Waals surface area (Å²) in [5, 5.41) is 19.0. The molecule has 0 amide bonds. The van der Waals surface area contributed by atoms with Crippen LogP contribution in [0.4, 0.5) is 0 Å². The minimum Gasteiger partial charge on any atom is -0.481 e. The number of halogens is 1. The molecule has 0 saturated heterocycles. The lowest BCUT2D eigenvalue weighted by Crippen LogP contribution is -2.15. The molecule has 0 saturated carbocycles. The van der Waals surface area contributed by atoms with Crippen LogP contribution in [0, 0.1) is 0 Å². The van der Waals surface area contributed by atoms with Gasteiger partial charge in [0.05, 0.1) is 22.6 Å². The third kappa shape index (κ3) is 5.01. The highest BCUT2D eigenvalue weighted by molar-refractivity contribution is 7.99. The SMILES string of the molecule is O=C(O)CC(O)CSc1ccc(Cl)cn1. The zero-order valence-electron chi connectivity index (χ0n) is 7.76. The minimum absolute atomic E-state index is 0.249. The van der Waals surface area contributed by atoms with Gasteiger partial charge in [0, 0.05) is 11.9 Å². The summed E-state index contributed by atoms with van der Waals surface area (Å²) in [6.45, 7) is 0. The topological polar surface area (TPSA) is 70.4 Å². The molecule has 1 aromatic heterocycles. The number of aliphatic hydroxyl groups excluding tert-OH is 1. The number of carboxylic acids is 1. The quantitative estimate of drug-likeness (QED) is 0.775. The predicted octanol–water partition coefficient (Wildman–Crippen LogP) is 1.66. The second-order valence-corrected chi connectivity index (χ2v) is 4.35. The number of carboxylic acid groups (broad SMARTS) is 1. The molecule has 6 heteroatoms. The number of pyridine rings is 1. The molecule has 0 aliphatic carbocycles. The molecule has 1 rings (SSSR count). The van der Waals surface area contributed by atoms with Crippen molar-refractivity contribution in [1.82, 2.24) is 4.98 Å². The molecule has 4 nitrogen and oxygen atoms in total. The Kier molecular flexibility index (Phi) is 4.87. The summed E-state index contributed by atoms with van der Waals surface area (Å²) < 4.78 is 0. The van der Waals surface area contributed by atoms with Gasteiger partial charge in [0.15, 0.2) is 0 Å². The van der Waals surface area contributed by atoms with Crippen LogP contribution in [-0.4, -0.2) is 33.0 Å². The van der Waals surface area contributed by atoms with Crippen molar-refractivity contribution < 1.29 is 15.0 Å². The first kappa shape index (κ1) is 12.3. The second kappa shape index (κ2) is 5.95. The van der Waals surface area contributed by atoms with Crippen LogP contribution in [0.2, 0.25) is 5.02 Å². The Morgan fingerprint density at radius 1 is 1.60 bits per heavy atom. The van der Waals surface area contributed by atoms with E-state index in [9.17, 15) is 9.90 Å². The van der Waals surface area contributed by atoms with Crippen molar-refractivity contribution >= 4 is 29.3 Å². The van der Waals surface area contributed by atoms with Crippen molar-refractivity contribution in [1.29, 1.82) is 0 Å². The van der Waals surface area contributed by atoms with Crippen LogP contribution in [0.25, 0.3) is 0 Å². The number of aliphatic carboxylic acids is 1. The van der Waals surface area contributed by atoms with Crippen LogP contribution in [0.5, 0.6) is 0 Å². The summed E-state index contributed by atoms with van der Waals surface area (Å²) >= 11 is 6.94. The van der Waals surface area contributed by atoms with E-state index in [1.54, 1.807) is 12.1 Å². The van der Waals surface area contributed by atoms with E-state index in [1.165, 1.54) is 18.0 Å². The highest BCUT2D eigenvalue weighted by Gasteiger charge is 2.10. The molecule has 0 aliphatic heterocycles.